The average Bonchev–Trinajstić information content (AvgIpc) is 3.18. The maximum atomic E-state index is 14.3. The Labute approximate surface area is 191 Å². The first-order valence-corrected chi connectivity index (χ1v) is 11.1. The topological polar surface area (TPSA) is 74.8 Å². The number of thioether (sulfide) groups is 1. The molecule has 0 aliphatic carbocycles. The minimum absolute atomic E-state index is 0.103. The van der Waals surface area contributed by atoms with Gasteiger partial charge in [-0.05, 0) is 43.2 Å². The number of rotatable bonds is 9. The first-order valence-electron chi connectivity index (χ1n) is 10.1. The summed E-state index contributed by atoms with van der Waals surface area (Å²) >= 11 is 1.23. The van der Waals surface area contributed by atoms with Gasteiger partial charge in [0.25, 0.3) is 0 Å². The summed E-state index contributed by atoms with van der Waals surface area (Å²) in [4.78, 5) is 14.8. The molecular formula is C24H24FN5OS. The van der Waals surface area contributed by atoms with Gasteiger partial charge in [0, 0.05) is 18.8 Å². The molecule has 1 aromatic heterocycles. The highest BCUT2D eigenvalue weighted by Gasteiger charge is 2.21. The van der Waals surface area contributed by atoms with Gasteiger partial charge in [-0.1, -0.05) is 42.1 Å². The summed E-state index contributed by atoms with van der Waals surface area (Å²) < 4.78 is 16.0. The van der Waals surface area contributed by atoms with Gasteiger partial charge in [0.05, 0.1) is 23.8 Å². The molecule has 3 rings (SSSR count). The van der Waals surface area contributed by atoms with Crippen molar-refractivity contribution in [2.24, 2.45) is 0 Å². The number of hydrogen-bond acceptors (Lipinski definition) is 5. The fourth-order valence-corrected chi connectivity index (χ4v) is 4.13. The van der Waals surface area contributed by atoms with Crippen LogP contribution in [0.25, 0.3) is 11.4 Å². The molecule has 0 radical (unpaired) electrons. The van der Waals surface area contributed by atoms with Gasteiger partial charge in [0.15, 0.2) is 11.0 Å². The molecule has 0 N–H and O–H groups in total. The van der Waals surface area contributed by atoms with Gasteiger partial charge in [0.1, 0.15) is 5.82 Å². The molecule has 0 fully saturated rings. The van der Waals surface area contributed by atoms with E-state index in [1.807, 2.05) is 32.0 Å². The van der Waals surface area contributed by atoms with E-state index in [1.54, 1.807) is 33.7 Å². The molecule has 0 bridgehead atoms. The number of allylic oxidation sites excluding steroid dienone is 1. The van der Waals surface area contributed by atoms with Crippen LogP contribution in [0.2, 0.25) is 0 Å². The SMILES string of the molecule is C=CCn1c(SCC(=O)N(CCC#N)c2cccc(C)c2C)nnc1-c1ccccc1F. The second-order valence-corrected chi connectivity index (χ2v) is 8.09. The number of benzene rings is 2. The quantitative estimate of drug-likeness (QED) is 0.342. The lowest BCUT2D eigenvalue weighted by Gasteiger charge is -2.24. The van der Waals surface area contributed by atoms with E-state index in [2.05, 4.69) is 22.8 Å². The molecule has 0 saturated heterocycles. The molecule has 0 unspecified atom stereocenters. The predicted molar refractivity (Wildman–Crippen MR) is 125 cm³/mol. The second kappa shape index (κ2) is 10.7. The van der Waals surface area contributed by atoms with E-state index in [0.717, 1.165) is 16.8 Å². The molecular weight excluding hydrogens is 425 g/mol. The van der Waals surface area contributed by atoms with Crippen molar-refractivity contribution in [3.05, 3.63) is 72.1 Å². The van der Waals surface area contributed by atoms with Gasteiger partial charge < -0.3 is 4.90 Å². The maximum Gasteiger partial charge on any atom is 0.237 e. The molecule has 8 heteroatoms. The van der Waals surface area contributed by atoms with Crippen molar-refractivity contribution in [3.63, 3.8) is 0 Å². The van der Waals surface area contributed by atoms with Crippen LogP contribution < -0.4 is 4.90 Å². The first kappa shape index (κ1) is 23.2. The van der Waals surface area contributed by atoms with Crippen LogP contribution in [-0.4, -0.2) is 33.0 Å². The monoisotopic (exact) mass is 449 g/mol. The van der Waals surface area contributed by atoms with E-state index < -0.39 is 5.82 Å². The number of aromatic nitrogens is 3. The zero-order valence-corrected chi connectivity index (χ0v) is 18.9. The molecule has 0 saturated carbocycles. The minimum atomic E-state index is -0.393. The van der Waals surface area contributed by atoms with Gasteiger partial charge in [-0.25, -0.2) is 4.39 Å². The number of anilines is 1. The average molecular weight is 450 g/mol. The van der Waals surface area contributed by atoms with Crippen LogP contribution in [0.5, 0.6) is 0 Å². The van der Waals surface area contributed by atoms with Crippen LogP contribution in [0, 0.1) is 31.0 Å². The van der Waals surface area contributed by atoms with Gasteiger partial charge in [-0.15, -0.1) is 16.8 Å². The van der Waals surface area contributed by atoms with Crippen LogP contribution >= 0.6 is 11.8 Å². The third-order valence-corrected chi connectivity index (χ3v) is 6.03. The molecule has 2 aromatic carbocycles. The summed E-state index contributed by atoms with van der Waals surface area (Å²) in [6.07, 6.45) is 1.91. The first-order chi connectivity index (χ1) is 15.5. The fourth-order valence-electron chi connectivity index (χ4n) is 3.30. The fraction of sp³-hybridized carbons (Fsp3) is 0.250. The van der Waals surface area contributed by atoms with Crippen molar-refractivity contribution < 1.29 is 9.18 Å². The Bertz CT molecular complexity index is 1170. The molecule has 0 aliphatic heterocycles. The van der Waals surface area contributed by atoms with Crippen LogP contribution in [0.15, 0.2) is 60.3 Å². The summed E-state index contributed by atoms with van der Waals surface area (Å²) in [5.74, 6) is -0.0467. The Morgan fingerprint density at radius 3 is 2.75 bits per heavy atom. The molecule has 164 valence electrons. The number of halogens is 1. The van der Waals surface area contributed by atoms with Crippen LogP contribution in [0.4, 0.5) is 10.1 Å². The Morgan fingerprint density at radius 2 is 2.03 bits per heavy atom. The van der Waals surface area contributed by atoms with Crippen molar-refractivity contribution in [2.45, 2.75) is 32.0 Å². The number of aryl methyl sites for hydroxylation is 1. The van der Waals surface area contributed by atoms with Crippen LogP contribution in [-0.2, 0) is 11.3 Å². The lowest BCUT2D eigenvalue weighted by atomic mass is 10.1. The Morgan fingerprint density at radius 1 is 1.25 bits per heavy atom. The minimum Gasteiger partial charge on any atom is -0.310 e. The molecule has 3 aromatic rings. The van der Waals surface area contributed by atoms with E-state index in [1.165, 1.54) is 17.8 Å². The van der Waals surface area contributed by atoms with E-state index in [9.17, 15) is 9.18 Å². The number of amides is 1. The Hall–Kier alpha value is -3.44. The highest BCUT2D eigenvalue weighted by molar-refractivity contribution is 7.99. The zero-order chi connectivity index (χ0) is 23.1. The summed E-state index contributed by atoms with van der Waals surface area (Å²) in [7, 11) is 0. The highest BCUT2D eigenvalue weighted by Crippen LogP contribution is 2.28. The third kappa shape index (κ3) is 5.06. The maximum absolute atomic E-state index is 14.3. The van der Waals surface area contributed by atoms with Crippen molar-refractivity contribution in [2.75, 3.05) is 17.2 Å². The molecule has 0 aliphatic rings. The van der Waals surface area contributed by atoms with E-state index in [0.29, 0.717) is 29.6 Å². The largest absolute Gasteiger partial charge is 0.310 e. The van der Waals surface area contributed by atoms with Crippen molar-refractivity contribution in [1.82, 2.24) is 14.8 Å². The Kier molecular flexibility index (Phi) is 7.79. The third-order valence-electron chi connectivity index (χ3n) is 5.08. The van der Waals surface area contributed by atoms with Crippen LogP contribution in [0.3, 0.4) is 0 Å². The number of nitrogens with zero attached hydrogens (tertiary/aromatic N) is 5. The highest BCUT2D eigenvalue weighted by atomic mass is 32.2. The number of nitriles is 1. The second-order valence-electron chi connectivity index (χ2n) is 7.15. The van der Waals surface area contributed by atoms with Crippen molar-refractivity contribution in [1.29, 1.82) is 5.26 Å². The molecule has 6 nitrogen and oxygen atoms in total. The number of hydrogen-bond donors (Lipinski definition) is 0. The number of carbonyl (C=O) groups is 1. The standard InChI is InChI=1S/C24H24FN5OS/c1-4-14-30-23(19-10-5-6-11-20(19)25)27-28-24(30)32-16-22(31)29(15-8-13-26)21-12-7-9-17(2)18(21)3/h4-7,9-12H,1,8,14-16H2,2-3H3. The summed E-state index contributed by atoms with van der Waals surface area (Å²) in [5.41, 5.74) is 3.21. The van der Waals surface area contributed by atoms with Crippen molar-refractivity contribution >= 4 is 23.4 Å². The van der Waals surface area contributed by atoms with Gasteiger partial charge in [-0.2, -0.15) is 5.26 Å². The Balaban J connectivity index is 1.85. The smallest absolute Gasteiger partial charge is 0.237 e. The summed E-state index contributed by atoms with van der Waals surface area (Å²) in [5, 5.41) is 17.9. The molecule has 32 heavy (non-hydrogen) atoms. The molecule has 0 spiro atoms. The predicted octanol–water partition coefficient (Wildman–Crippen LogP) is 4.93. The summed E-state index contributed by atoms with van der Waals surface area (Å²) in [6, 6.07) is 14.3. The number of carbonyl (C=O) groups excluding carboxylic acids is 1. The summed E-state index contributed by atoms with van der Waals surface area (Å²) in [6.45, 7) is 8.40. The molecule has 1 heterocycles. The van der Waals surface area contributed by atoms with Gasteiger partial charge >= 0.3 is 0 Å². The van der Waals surface area contributed by atoms with E-state index in [-0.39, 0.29) is 18.1 Å². The van der Waals surface area contributed by atoms with Crippen molar-refractivity contribution in [3.8, 4) is 17.5 Å². The molecule has 1 amide bonds. The lowest BCUT2D eigenvalue weighted by Crippen LogP contribution is -2.34. The van der Waals surface area contributed by atoms with Gasteiger partial charge in [-0.3, -0.25) is 9.36 Å². The molecule has 0 atom stereocenters. The lowest BCUT2D eigenvalue weighted by molar-refractivity contribution is -0.116. The van der Waals surface area contributed by atoms with E-state index in [4.69, 9.17) is 5.26 Å². The van der Waals surface area contributed by atoms with Gasteiger partial charge in [0.2, 0.25) is 5.91 Å². The van der Waals surface area contributed by atoms with Crippen LogP contribution in [0.1, 0.15) is 17.5 Å². The van der Waals surface area contributed by atoms with E-state index >= 15 is 0 Å². The zero-order valence-electron chi connectivity index (χ0n) is 18.1. The normalized spacial score (nSPS) is 10.6.